The van der Waals surface area contributed by atoms with Gasteiger partial charge in [0.1, 0.15) is 11.6 Å². The Morgan fingerprint density at radius 1 is 1.20 bits per heavy atom. The van der Waals surface area contributed by atoms with Gasteiger partial charge in [-0.05, 0) is 50.9 Å². The summed E-state index contributed by atoms with van der Waals surface area (Å²) in [5.74, 6) is 1.69. The van der Waals surface area contributed by atoms with Crippen LogP contribution in [0.15, 0.2) is 0 Å². The summed E-state index contributed by atoms with van der Waals surface area (Å²) in [7, 11) is 1.38. The molecule has 1 aliphatic heterocycles. The standard InChI is InChI=1S/C15H23NO4/c1-7-10-8-6-9(11(7)10)16(12(8)13(17)19-5)14(18)20-15(2,3)4/h7-12H,6H2,1-5H3/t7-,8?,9?,10-,11+,12+/m0/s1. The van der Waals surface area contributed by atoms with E-state index in [0.29, 0.717) is 17.8 Å². The van der Waals surface area contributed by atoms with E-state index < -0.39 is 11.6 Å². The highest BCUT2D eigenvalue weighted by atomic mass is 16.6. The lowest BCUT2D eigenvalue weighted by atomic mass is 9.95. The first kappa shape index (κ1) is 13.7. The van der Waals surface area contributed by atoms with Gasteiger partial charge >= 0.3 is 12.1 Å². The highest BCUT2D eigenvalue weighted by Crippen LogP contribution is 2.67. The van der Waals surface area contributed by atoms with E-state index in [2.05, 4.69) is 6.92 Å². The third-order valence-electron chi connectivity index (χ3n) is 5.08. The van der Waals surface area contributed by atoms with Gasteiger partial charge < -0.3 is 9.47 Å². The van der Waals surface area contributed by atoms with Gasteiger partial charge in [0.25, 0.3) is 0 Å². The zero-order valence-corrected chi connectivity index (χ0v) is 12.8. The fourth-order valence-electron chi connectivity index (χ4n) is 4.42. The first-order valence-electron chi connectivity index (χ1n) is 7.35. The van der Waals surface area contributed by atoms with Crippen LogP contribution in [-0.4, -0.2) is 41.8 Å². The summed E-state index contributed by atoms with van der Waals surface area (Å²) in [6.45, 7) is 7.74. The van der Waals surface area contributed by atoms with Crippen molar-refractivity contribution in [2.24, 2.45) is 23.7 Å². The van der Waals surface area contributed by atoms with Gasteiger partial charge in [-0.25, -0.2) is 9.59 Å². The number of carbonyl (C=O) groups is 2. The molecule has 0 aromatic heterocycles. The van der Waals surface area contributed by atoms with Crippen molar-refractivity contribution in [3.8, 4) is 0 Å². The van der Waals surface area contributed by atoms with Crippen molar-refractivity contribution in [1.29, 1.82) is 0 Å². The molecule has 2 bridgehead atoms. The quantitative estimate of drug-likeness (QED) is 0.690. The number of likely N-dealkylation sites (tertiary alicyclic amines) is 1. The summed E-state index contributed by atoms with van der Waals surface area (Å²) in [4.78, 5) is 26.2. The van der Waals surface area contributed by atoms with Crippen molar-refractivity contribution in [3.63, 3.8) is 0 Å². The maximum absolute atomic E-state index is 12.4. The van der Waals surface area contributed by atoms with Crippen LogP contribution in [0.2, 0.25) is 0 Å². The van der Waals surface area contributed by atoms with Crippen LogP contribution in [0.5, 0.6) is 0 Å². The van der Waals surface area contributed by atoms with Crippen LogP contribution in [0.4, 0.5) is 4.79 Å². The minimum atomic E-state index is -0.547. The summed E-state index contributed by atoms with van der Waals surface area (Å²) in [5.41, 5.74) is -0.547. The molecule has 3 rings (SSSR count). The van der Waals surface area contributed by atoms with Crippen molar-refractivity contribution in [2.45, 2.75) is 51.8 Å². The highest BCUT2D eigenvalue weighted by molar-refractivity contribution is 5.83. The van der Waals surface area contributed by atoms with Crippen molar-refractivity contribution < 1.29 is 19.1 Å². The van der Waals surface area contributed by atoms with Gasteiger partial charge in [0.2, 0.25) is 0 Å². The Morgan fingerprint density at radius 2 is 1.85 bits per heavy atom. The third-order valence-corrected chi connectivity index (χ3v) is 5.08. The number of carbonyl (C=O) groups excluding carboxylic acids is 2. The van der Waals surface area contributed by atoms with E-state index in [1.54, 1.807) is 4.90 Å². The van der Waals surface area contributed by atoms with Gasteiger partial charge in [0, 0.05) is 6.04 Å². The van der Waals surface area contributed by atoms with Crippen LogP contribution < -0.4 is 0 Å². The smallest absolute Gasteiger partial charge is 0.411 e. The van der Waals surface area contributed by atoms with Gasteiger partial charge in [-0.1, -0.05) is 6.92 Å². The van der Waals surface area contributed by atoms with Crippen molar-refractivity contribution in [2.75, 3.05) is 7.11 Å². The molecule has 0 aromatic carbocycles. The van der Waals surface area contributed by atoms with Gasteiger partial charge in [-0.15, -0.1) is 0 Å². The van der Waals surface area contributed by atoms with Gasteiger partial charge in [0.15, 0.2) is 0 Å². The average molecular weight is 281 g/mol. The second-order valence-corrected chi connectivity index (χ2v) is 7.34. The third kappa shape index (κ3) is 1.82. The predicted molar refractivity (Wildman–Crippen MR) is 71.9 cm³/mol. The molecule has 0 spiro atoms. The van der Waals surface area contributed by atoms with E-state index in [-0.39, 0.29) is 24.0 Å². The van der Waals surface area contributed by atoms with E-state index in [0.717, 1.165) is 6.42 Å². The number of hydrogen-bond donors (Lipinski definition) is 0. The molecule has 0 N–H and O–H groups in total. The van der Waals surface area contributed by atoms with Gasteiger partial charge in [-0.3, -0.25) is 4.90 Å². The largest absolute Gasteiger partial charge is 0.467 e. The predicted octanol–water partition coefficient (Wildman–Crippen LogP) is 2.05. The SMILES string of the molecule is COC(=O)[C@H]1C2CC([C@H]3[C@@H](C)[C@@H]23)N1C(=O)OC(C)(C)C. The molecule has 3 aliphatic rings. The maximum atomic E-state index is 12.4. The summed E-state index contributed by atoms with van der Waals surface area (Å²) >= 11 is 0. The van der Waals surface area contributed by atoms with E-state index in [4.69, 9.17) is 9.47 Å². The number of rotatable bonds is 1. The van der Waals surface area contributed by atoms with Gasteiger partial charge in [-0.2, -0.15) is 0 Å². The monoisotopic (exact) mass is 281 g/mol. The van der Waals surface area contributed by atoms with E-state index >= 15 is 0 Å². The number of esters is 1. The fourth-order valence-corrected chi connectivity index (χ4v) is 4.42. The van der Waals surface area contributed by atoms with Crippen LogP contribution in [-0.2, 0) is 14.3 Å². The van der Waals surface area contributed by atoms with Gasteiger partial charge in [0.05, 0.1) is 7.11 Å². The number of amides is 1. The summed E-state index contributed by atoms with van der Waals surface area (Å²) in [5, 5.41) is 0. The Balaban J connectivity index is 1.84. The molecule has 5 heteroatoms. The number of fused-ring (bicyclic) bond motifs is 5. The molecule has 112 valence electrons. The van der Waals surface area contributed by atoms with E-state index in [1.165, 1.54) is 7.11 Å². The lowest BCUT2D eigenvalue weighted by Crippen LogP contribution is -2.51. The van der Waals surface area contributed by atoms with Crippen LogP contribution in [0, 0.1) is 23.7 Å². The average Bonchev–Trinajstić information content (AvgIpc) is 2.73. The van der Waals surface area contributed by atoms with E-state index in [9.17, 15) is 9.59 Å². The zero-order valence-electron chi connectivity index (χ0n) is 12.8. The van der Waals surface area contributed by atoms with Crippen molar-refractivity contribution in [3.05, 3.63) is 0 Å². The Hall–Kier alpha value is -1.26. The molecular weight excluding hydrogens is 258 g/mol. The lowest BCUT2D eigenvalue weighted by Gasteiger charge is -2.34. The first-order valence-corrected chi connectivity index (χ1v) is 7.35. The summed E-state index contributed by atoms with van der Waals surface area (Å²) in [6, 6.07) is -0.301. The molecule has 0 aromatic rings. The number of hydrogen-bond acceptors (Lipinski definition) is 4. The Labute approximate surface area is 119 Å². The van der Waals surface area contributed by atoms with Crippen molar-refractivity contribution >= 4 is 12.1 Å². The van der Waals surface area contributed by atoms with Crippen LogP contribution in [0.3, 0.4) is 0 Å². The number of piperidine rings is 1. The number of nitrogens with zero attached hydrogens (tertiary/aromatic N) is 1. The summed E-state index contributed by atoms with van der Waals surface area (Å²) < 4.78 is 10.4. The molecule has 6 atom stereocenters. The normalized spacial score (nSPS) is 41.4. The Kier molecular flexibility index (Phi) is 2.82. The second-order valence-electron chi connectivity index (χ2n) is 7.34. The van der Waals surface area contributed by atoms with Crippen LogP contribution in [0.25, 0.3) is 0 Å². The molecule has 2 aliphatic carbocycles. The Morgan fingerprint density at radius 3 is 2.40 bits per heavy atom. The first-order chi connectivity index (χ1) is 9.26. The minimum absolute atomic E-state index is 0.152. The molecule has 2 saturated carbocycles. The molecule has 5 nitrogen and oxygen atoms in total. The second kappa shape index (κ2) is 4.12. The molecule has 20 heavy (non-hydrogen) atoms. The van der Waals surface area contributed by atoms with Crippen molar-refractivity contribution in [1.82, 2.24) is 4.90 Å². The Bertz CT molecular complexity index is 455. The lowest BCUT2D eigenvalue weighted by molar-refractivity contribution is -0.148. The number of methoxy groups -OCH3 is 1. The molecular formula is C15H23NO4. The molecule has 1 amide bonds. The van der Waals surface area contributed by atoms with Crippen LogP contribution in [0.1, 0.15) is 34.1 Å². The molecule has 1 heterocycles. The topological polar surface area (TPSA) is 55.8 Å². The van der Waals surface area contributed by atoms with Crippen LogP contribution >= 0.6 is 0 Å². The zero-order chi connectivity index (χ0) is 14.8. The molecule has 3 fully saturated rings. The molecule has 0 radical (unpaired) electrons. The fraction of sp³-hybridized carbons (Fsp3) is 0.867. The number of ether oxygens (including phenoxy) is 2. The highest BCUT2D eigenvalue weighted by Gasteiger charge is 2.71. The maximum Gasteiger partial charge on any atom is 0.411 e. The molecule has 1 saturated heterocycles. The minimum Gasteiger partial charge on any atom is -0.467 e. The van der Waals surface area contributed by atoms with E-state index in [1.807, 2.05) is 20.8 Å². The summed E-state index contributed by atoms with van der Waals surface area (Å²) in [6.07, 6.45) is 0.538. The molecule has 2 unspecified atom stereocenters.